The normalized spacial score (nSPS) is 25.9. The van der Waals surface area contributed by atoms with Crippen molar-refractivity contribution in [3.8, 4) is 0 Å². The third kappa shape index (κ3) is 3.35. The minimum absolute atomic E-state index is 0.135. The summed E-state index contributed by atoms with van der Waals surface area (Å²) in [5.41, 5.74) is 1.25. The van der Waals surface area contributed by atoms with Gasteiger partial charge in [-0.1, -0.05) is 18.6 Å². The molecule has 0 saturated carbocycles. The quantitative estimate of drug-likeness (QED) is 0.790. The maximum Gasteiger partial charge on any atom is 0.0997 e. The zero-order valence-corrected chi connectivity index (χ0v) is 11.1. The largest absolute Gasteiger partial charge is 0.512 e. The second-order valence-corrected chi connectivity index (χ2v) is 5.59. The first-order valence-corrected chi connectivity index (χ1v) is 5.72. The Labute approximate surface area is 99.0 Å². The topological polar surface area (TPSA) is 26.7 Å². The van der Waals surface area contributed by atoms with Crippen molar-refractivity contribution in [3.05, 3.63) is 23.5 Å². The van der Waals surface area contributed by atoms with Gasteiger partial charge in [0.05, 0.1) is 5.76 Å². The molecule has 1 unspecified atom stereocenters. The zero-order valence-electron chi connectivity index (χ0n) is 11.1. The molecule has 3 nitrogen and oxygen atoms in total. The zero-order chi connectivity index (χ0) is 12.3. The molecular weight excluding hydrogens is 200 g/mol. The van der Waals surface area contributed by atoms with Crippen LogP contribution in [-0.2, 0) is 0 Å². The first-order chi connectivity index (χ1) is 7.33. The summed E-state index contributed by atoms with van der Waals surface area (Å²) >= 11 is 0. The fourth-order valence-corrected chi connectivity index (χ4v) is 2.40. The SMILES string of the molecule is CN(C)CC1=CC=C(O)C(C)(CN(C)C)C1. The Hall–Kier alpha value is -0.800. The number of hydrogen-bond acceptors (Lipinski definition) is 3. The Morgan fingerprint density at radius 3 is 2.31 bits per heavy atom. The Morgan fingerprint density at radius 1 is 1.19 bits per heavy atom. The Balaban J connectivity index is 2.77. The van der Waals surface area contributed by atoms with E-state index in [4.69, 9.17) is 0 Å². The summed E-state index contributed by atoms with van der Waals surface area (Å²) < 4.78 is 0. The predicted octanol–water partition coefficient (Wildman–Crippen LogP) is 1.89. The molecule has 0 saturated heterocycles. The summed E-state index contributed by atoms with van der Waals surface area (Å²) in [6.07, 6.45) is 4.84. The molecule has 0 aromatic rings. The van der Waals surface area contributed by atoms with Crippen molar-refractivity contribution in [2.24, 2.45) is 5.41 Å². The van der Waals surface area contributed by atoms with E-state index in [0.29, 0.717) is 5.76 Å². The van der Waals surface area contributed by atoms with Gasteiger partial charge in [0.15, 0.2) is 0 Å². The molecule has 1 aliphatic rings. The lowest BCUT2D eigenvalue weighted by Gasteiger charge is -2.35. The monoisotopic (exact) mass is 224 g/mol. The van der Waals surface area contributed by atoms with Crippen LogP contribution in [0.3, 0.4) is 0 Å². The maximum atomic E-state index is 10.0. The average Bonchev–Trinajstić information content (AvgIpc) is 2.09. The summed E-state index contributed by atoms with van der Waals surface area (Å²) in [7, 11) is 8.23. The van der Waals surface area contributed by atoms with Crippen molar-refractivity contribution in [1.29, 1.82) is 0 Å². The minimum atomic E-state index is -0.135. The van der Waals surface area contributed by atoms with Gasteiger partial charge in [0.25, 0.3) is 0 Å². The van der Waals surface area contributed by atoms with Gasteiger partial charge in [-0.2, -0.15) is 0 Å². The highest BCUT2D eigenvalue weighted by Crippen LogP contribution is 2.36. The first kappa shape index (κ1) is 13.3. The lowest BCUT2D eigenvalue weighted by atomic mass is 9.78. The number of aliphatic hydroxyl groups is 1. The van der Waals surface area contributed by atoms with Crippen LogP contribution in [0.1, 0.15) is 13.3 Å². The number of rotatable bonds is 4. The van der Waals surface area contributed by atoms with Gasteiger partial charge in [-0.05, 0) is 40.7 Å². The van der Waals surface area contributed by atoms with Crippen LogP contribution < -0.4 is 0 Å². The van der Waals surface area contributed by atoms with Crippen molar-refractivity contribution in [2.45, 2.75) is 13.3 Å². The van der Waals surface area contributed by atoms with Gasteiger partial charge in [0.2, 0.25) is 0 Å². The molecular formula is C13H24N2O. The maximum absolute atomic E-state index is 10.0. The molecule has 1 atom stereocenters. The molecule has 16 heavy (non-hydrogen) atoms. The third-order valence-corrected chi connectivity index (χ3v) is 2.90. The van der Waals surface area contributed by atoms with E-state index in [1.807, 2.05) is 26.2 Å². The first-order valence-electron chi connectivity index (χ1n) is 5.72. The standard InChI is InChI=1S/C13H24N2O/c1-13(10-15(4)5)8-11(9-14(2)3)6-7-12(13)16/h6-7,16H,8-10H2,1-5H3. The molecule has 0 spiro atoms. The molecule has 0 aliphatic heterocycles. The molecule has 3 heteroatoms. The molecule has 0 amide bonds. The Kier molecular flexibility index (Phi) is 4.16. The number of hydrogen-bond donors (Lipinski definition) is 1. The molecule has 0 bridgehead atoms. The van der Waals surface area contributed by atoms with E-state index in [0.717, 1.165) is 19.5 Å². The summed E-state index contributed by atoms with van der Waals surface area (Å²) in [6, 6.07) is 0. The van der Waals surface area contributed by atoms with Crippen LogP contribution >= 0.6 is 0 Å². The fraction of sp³-hybridized carbons (Fsp3) is 0.692. The minimum Gasteiger partial charge on any atom is -0.512 e. The molecule has 0 aromatic heterocycles. The average molecular weight is 224 g/mol. The summed E-state index contributed by atoms with van der Waals surface area (Å²) in [5.74, 6) is 0.503. The highest BCUT2D eigenvalue weighted by molar-refractivity contribution is 5.27. The van der Waals surface area contributed by atoms with Crippen LogP contribution in [0.4, 0.5) is 0 Å². The second-order valence-electron chi connectivity index (χ2n) is 5.59. The van der Waals surface area contributed by atoms with E-state index >= 15 is 0 Å². The number of allylic oxidation sites excluding steroid dienone is 2. The summed E-state index contributed by atoms with van der Waals surface area (Å²) in [6.45, 7) is 3.97. The van der Waals surface area contributed by atoms with Crippen molar-refractivity contribution in [1.82, 2.24) is 9.80 Å². The van der Waals surface area contributed by atoms with Gasteiger partial charge in [-0.25, -0.2) is 0 Å². The summed E-state index contributed by atoms with van der Waals surface area (Å²) in [4.78, 5) is 4.29. The van der Waals surface area contributed by atoms with Gasteiger partial charge in [-0.15, -0.1) is 0 Å². The van der Waals surface area contributed by atoms with E-state index in [9.17, 15) is 5.11 Å². The molecule has 0 heterocycles. The predicted molar refractivity (Wildman–Crippen MR) is 68.6 cm³/mol. The highest BCUT2D eigenvalue weighted by atomic mass is 16.3. The lowest BCUT2D eigenvalue weighted by Crippen LogP contribution is -2.35. The van der Waals surface area contributed by atoms with Crippen LogP contribution in [0, 0.1) is 5.41 Å². The lowest BCUT2D eigenvalue weighted by molar-refractivity contribution is 0.175. The Bertz CT molecular complexity index is 305. The van der Waals surface area contributed by atoms with Gasteiger partial charge in [-0.3, -0.25) is 0 Å². The molecule has 1 N–H and O–H groups in total. The van der Waals surface area contributed by atoms with Crippen LogP contribution in [0.5, 0.6) is 0 Å². The molecule has 1 rings (SSSR count). The molecule has 1 aliphatic carbocycles. The highest BCUT2D eigenvalue weighted by Gasteiger charge is 2.32. The van der Waals surface area contributed by atoms with Gasteiger partial charge >= 0.3 is 0 Å². The van der Waals surface area contributed by atoms with Crippen molar-refractivity contribution in [2.75, 3.05) is 41.3 Å². The fourth-order valence-electron chi connectivity index (χ4n) is 2.40. The van der Waals surface area contributed by atoms with Crippen LogP contribution in [-0.4, -0.2) is 56.2 Å². The number of likely N-dealkylation sites (N-methyl/N-ethyl adjacent to an activating group) is 1. The van der Waals surface area contributed by atoms with E-state index < -0.39 is 0 Å². The smallest absolute Gasteiger partial charge is 0.0997 e. The van der Waals surface area contributed by atoms with E-state index in [-0.39, 0.29) is 5.41 Å². The number of aliphatic hydroxyl groups excluding tert-OH is 1. The molecule has 92 valence electrons. The van der Waals surface area contributed by atoms with Crippen molar-refractivity contribution < 1.29 is 5.11 Å². The van der Waals surface area contributed by atoms with Gasteiger partial charge in [0, 0.05) is 18.5 Å². The van der Waals surface area contributed by atoms with E-state index in [1.54, 1.807) is 0 Å². The van der Waals surface area contributed by atoms with E-state index in [2.05, 4.69) is 30.8 Å². The molecule has 0 aromatic carbocycles. The van der Waals surface area contributed by atoms with Crippen LogP contribution in [0.15, 0.2) is 23.5 Å². The summed E-state index contributed by atoms with van der Waals surface area (Å²) in [5, 5.41) is 10.0. The molecule has 0 radical (unpaired) electrons. The Morgan fingerprint density at radius 2 is 1.81 bits per heavy atom. The van der Waals surface area contributed by atoms with Crippen molar-refractivity contribution in [3.63, 3.8) is 0 Å². The molecule has 0 fully saturated rings. The van der Waals surface area contributed by atoms with E-state index in [1.165, 1.54) is 5.57 Å². The van der Waals surface area contributed by atoms with Crippen molar-refractivity contribution >= 4 is 0 Å². The number of nitrogens with zero attached hydrogens (tertiary/aromatic N) is 2. The van der Waals surface area contributed by atoms with Crippen LogP contribution in [0.25, 0.3) is 0 Å². The van der Waals surface area contributed by atoms with Gasteiger partial charge in [0.1, 0.15) is 0 Å². The van der Waals surface area contributed by atoms with Gasteiger partial charge < -0.3 is 14.9 Å². The third-order valence-electron chi connectivity index (χ3n) is 2.90. The second kappa shape index (κ2) is 5.02. The van der Waals surface area contributed by atoms with Crippen LogP contribution in [0.2, 0.25) is 0 Å².